The number of rotatable bonds is 6. The minimum absolute atomic E-state index is 0.131. The topological polar surface area (TPSA) is 88.9 Å². The van der Waals surface area contributed by atoms with Crippen LogP contribution in [0.2, 0.25) is 0 Å². The number of H-pyrrole nitrogens is 1. The quantitative estimate of drug-likeness (QED) is 0.490. The average Bonchev–Trinajstić information content (AvgIpc) is 3.28. The van der Waals surface area contributed by atoms with Gasteiger partial charge in [-0.1, -0.05) is 37.3 Å². The number of fused-ring (bicyclic) bond motifs is 1. The monoisotopic (exact) mass is 444 g/mol. The largest absolute Gasteiger partial charge is 0.497 e. The molecular formula is C25H28N6O2. The first-order valence-electron chi connectivity index (χ1n) is 11.4. The van der Waals surface area contributed by atoms with Crippen LogP contribution in [0.5, 0.6) is 5.75 Å². The predicted molar refractivity (Wildman–Crippen MR) is 126 cm³/mol. The van der Waals surface area contributed by atoms with E-state index in [-0.39, 0.29) is 11.6 Å². The van der Waals surface area contributed by atoms with E-state index in [1.807, 2.05) is 47.1 Å². The van der Waals surface area contributed by atoms with E-state index >= 15 is 0 Å². The zero-order chi connectivity index (χ0) is 22.8. The number of tetrazole rings is 1. The SMILES string of the molecule is COc1ccc2cc([C@@H](c3nnnn3Cc3ccccc3)N3CCC(C)CC3)c(=O)[nH]c2c1. The molecule has 8 heteroatoms. The summed E-state index contributed by atoms with van der Waals surface area (Å²) in [6, 6.07) is 17.5. The second-order valence-corrected chi connectivity index (χ2v) is 8.81. The fourth-order valence-corrected chi connectivity index (χ4v) is 4.59. The molecule has 0 radical (unpaired) electrons. The molecule has 33 heavy (non-hydrogen) atoms. The van der Waals surface area contributed by atoms with Crippen molar-refractivity contribution in [1.29, 1.82) is 0 Å². The molecule has 5 rings (SSSR count). The van der Waals surface area contributed by atoms with Crippen molar-refractivity contribution in [1.82, 2.24) is 30.1 Å². The van der Waals surface area contributed by atoms with E-state index in [0.717, 1.165) is 42.4 Å². The van der Waals surface area contributed by atoms with Gasteiger partial charge < -0.3 is 9.72 Å². The molecular weight excluding hydrogens is 416 g/mol. The van der Waals surface area contributed by atoms with Crippen LogP contribution in [0.15, 0.2) is 59.4 Å². The van der Waals surface area contributed by atoms with Crippen LogP contribution in [0.25, 0.3) is 10.9 Å². The lowest BCUT2D eigenvalue weighted by Crippen LogP contribution is -2.40. The van der Waals surface area contributed by atoms with Crippen molar-refractivity contribution in [2.45, 2.75) is 32.4 Å². The maximum Gasteiger partial charge on any atom is 0.253 e. The average molecular weight is 445 g/mol. The Bertz CT molecular complexity index is 1290. The van der Waals surface area contributed by atoms with Crippen molar-refractivity contribution in [2.75, 3.05) is 20.2 Å². The second kappa shape index (κ2) is 9.15. The Morgan fingerprint density at radius 3 is 2.67 bits per heavy atom. The zero-order valence-electron chi connectivity index (χ0n) is 18.9. The third-order valence-corrected chi connectivity index (χ3v) is 6.54. The minimum Gasteiger partial charge on any atom is -0.497 e. The maximum atomic E-state index is 13.3. The summed E-state index contributed by atoms with van der Waals surface area (Å²) in [6.45, 7) is 4.61. The molecule has 2 aromatic carbocycles. The highest BCUT2D eigenvalue weighted by molar-refractivity contribution is 5.80. The summed E-state index contributed by atoms with van der Waals surface area (Å²) in [4.78, 5) is 18.7. The Kier molecular flexibility index (Phi) is 5.92. The first-order chi connectivity index (χ1) is 16.1. The molecule has 170 valence electrons. The van der Waals surface area contributed by atoms with E-state index in [2.05, 4.69) is 44.5 Å². The Balaban J connectivity index is 1.60. The zero-order valence-corrected chi connectivity index (χ0v) is 18.9. The molecule has 1 aliphatic rings. The van der Waals surface area contributed by atoms with Gasteiger partial charge in [-0.3, -0.25) is 9.69 Å². The van der Waals surface area contributed by atoms with Crippen LogP contribution in [0.1, 0.15) is 42.8 Å². The number of aromatic amines is 1. The molecule has 1 saturated heterocycles. The highest BCUT2D eigenvalue weighted by atomic mass is 16.5. The lowest BCUT2D eigenvalue weighted by atomic mass is 9.95. The number of ether oxygens (including phenoxy) is 1. The summed E-state index contributed by atoms with van der Waals surface area (Å²) in [5.41, 5.74) is 2.38. The summed E-state index contributed by atoms with van der Waals surface area (Å²) >= 11 is 0. The number of hydrogen-bond acceptors (Lipinski definition) is 6. The van der Waals surface area contributed by atoms with Crippen molar-refractivity contribution in [3.05, 3.63) is 81.9 Å². The summed E-state index contributed by atoms with van der Waals surface area (Å²) in [6.07, 6.45) is 2.17. The number of likely N-dealkylation sites (tertiary alicyclic amines) is 1. The third-order valence-electron chi connectivity index (χ3n) is 6.54. The highest BCUT2D eigenvalue weighted by Gasteiger charge is 2.32. The summed E-state index contributed by atoms with van der Waals surface area (Å²) in [5, 5.41) is 13.6. The summed E-state index contributed by atoms with van der Waals surface area (Å²) < 4.78 is 7.13. The fraction of sp³-hybridized carbons (Fsp3) is 0.360. The molecule has 1 fully saturated rings. The highest BCUT2D eigenvalue weighted by Crippen LogP contribution is 2.31. The molecule has 0 saturated carbocycles. The van der Waals surface area contributed by atoms with Crippen molar-refractivity contribution in [3.8, 4) is 5.75 Å². The van der Waals surface area contributed by atoms with Crippen LogP contribution in [0.3, 0.4) is 0 Å². The van der Waals surface area contributed by atoms with Gasteiger partial charge in [-0.05, 0) is 71.4 Å². The Labute approximate surface area is 192 Å². The number of piperidine rings is 1. The number of aromatic nitrogens is 5. The second-order valence-electron chi connectivity index (χ2n) is 8.81. The number of methoxy groups -OCH3 is 1. The third kappa shape index (κ3) is 4.39. The Hall–Kier alpha value is -3.52. The Morgan fingerprint density at radius 1 is 1.12 bits per heavy atom. The molecule has 1 N–H and O–H groups in total. The predicted octanol–water partition coefficient (Wildman–Crippen LogP) is 3.39. The normalized spacial score (nSPS) is 16.2. The van der Waals surface area contributed by atoms with E-state index in [1.165, 1.54) is 0 Å². The van der Waals surface area contributed by atoms with Gasteiger partial charge in [-0.15, -0.1) is 5.10 Å². The van der Waals surface area contributed by atoms with Gasteiger partial charge >= 0.3 is 0 Å². The molecule has 1 atom stereocenters. The summed E-state index contributed by atoms with van der Waals surface area (Å²) in [5.74, 6) is 2.07. The molecule has 8 nitrogen and oxygen atoms in total. The van der Waals surface area contributed by atoms with Crippen LogP contribution in [0, 0.1) is 5.92 Å². The van der Waals surface area contributed by atoms with Crippen molar-refractivity contribution in [3.63, 3.8) is 0 Å². The Morgan fingerprint density at radius 2 is 1.91 bits per heavy atom. The molecule has 0 bridgehead atoms. The molecule has 0 amide bonds. The molecule has 0 aliphatic carbocycles. The molecule has 2 aromatic heterocycles. The maximum absolute atomic E-state index is 13.3. The van der Waals surface area contributed by atoms with E-state index in [4.69, 9.17) is 4.74 Å². The van der Waals surface area contributed by atoms with Crippen LogP contribution < -0.4 is 10.3 Å². The van der Waals surface area contributed by atoms with Gasteiger partial charge in [0.15, 0.2) is 5.82 Å². The van der Waals surface area contributed by atoms with Crippen molar-refractivity contribution >= 4 is 10.9 Å². The van der Waals surface area contributed by atoms with E-state index in [0.29, 0.717) is 29.6 Å². The van der Waals surface area contributed by atoms with Crippen LogP contribution in [0.4, 0.5) is 0 Å². The van der Waals surface area contributed by atoms with Gasteiger partial charge in [-0.2, -0.15) is 0 Å². The smallest absolute Gasteiger partial charge is 0.253 e. The number of nitrogens with one attached hydrogen (secondary N) is 1. The lowest BCUT2D eigenvalue weighted by molar-refractivity contribution is 0.149. The van der Waals surface area contributed by atoms with E-state index in [9.17, 15) is 4.79 Å². The van der Waals surface area contributed by atoms with Crippen molar-refractivity contribution in [2.24, 2.45) is 5.92 Å². The molecule has 3 heterocycles. The van der Waals surface area contributed by atoms with Crippen LogP contribution in [-0.4, -0.2) is 50.3 Å². The van der Waals surface area contributed by atoms with Gasteiger partial charge in [0.2, 0.25) is 0 Å². The molecule has 0 spiro atoms. The number of nitrogens with zero attached hydrogens (tertiary/aromatic N) is 5. The lowest BCUT2D eigenvalue weighted by Gasteiger charge is -2.35. The first-order valence-corrected chi connectivity index (χ1v) is 11.4. The van der Waals surface area contributed by atoms with Gasteiger partial charge in [0.1, 0.15) is 11.8 Å². The fourth-order valence-electron chi connectivity index (χ4n) is 4.59. The number of pyridine rings is 1. The van der Waals surface area contributed by atoms with Crippen LogP contribution >= 0.6 is 0 Å². The molecule has 4 aromatic rings. The summed E-state index contributed by atoms with van der Waals surface area (Å²) in [7, 11) is 1.62. The number of benzene rings is 2. The van der Waals surface area contributed by atoms with Gasteiger partial charge in [0, 0.05) is 11.6 Å². The van der Waals surface area contributed by atoms with Crippen LogP contribution in [-0.2, 0) is 6.54 Å². The number of hydrogen-bond donors (Lipinski definition) is 1. The molecule has 1 aliphatic heterocycles. The first kappa shape index (κ1) is 21.3. The minimum atomic E-state index is -0.327. The molecule has 0 unspecified atom stereocenters. The van der Waals surface area contributed by atoms with Gasteiger partial charge in [-0.25, -0.2) is 4.68 Å². The van der Waals surface area contributed by atoms with Gasteiger partial charge in [0.25, 0.3) is 5.56 Å². The van der Waals surface area contributed by atoms with E-state index < -0.39 is 0 Å². The standard InChI is InChI=1S/C25H28N6O2/c1-17-10-12-30(13-11-17)23(24-27-28-29-31(24)16-18-6-4-3-5-7-18)21-14-19-8-9-20(33-2)15-22(19)26-25(21)32/h3-9,14-15,17,23H,10-13,16H2,1-2H3,(H,26,32)/t23-/m0/s1. The van der Waals surface area contributed by atoms with Gasteiger partial charge in [0.05, 0.1) is 19.2 Å². The van der Waals surface area contributed by atoms with Crippen molar-refractivity contribution < 1.29 is 4.74 Å². The van der Waals surface area contributed by atoms with E-state index in [1.54, 1.807) is 7.11 Å².